The van der Waals surface area contributed by atoms with Crippen LogP contribution in [0.4, 0.5) is 22.9 Å². The highest BCUT2D eigenvalue weighted by atomic mass is 16.1. The number of pyridine rings is 1. The van der Waals surface area contributed by atoms with Gasteiger partial charge in [0.2, 0.25) is 5.91 Å². The summed E-state index contributed by atoms with van der Waals surface area (Å²) in [7, 11) is 2.12. The van der Waals surface area contributed by atoms with Gasteiger partial charge in [-0.25, -0.2) is 4.98 Å². The summed E-state index contributed by atoms with van der Waals surface area (Å²) in [6.45, 7) is 7.73. The Morgan fingerprint density at radius 2 is 1.88 bits per heavy atom. The van der Waals surface area contributed by atoms with Gasteiger partial charge in [0.15, 0.2) is 0 Å². The van der Waals surface area contributed by atoms with Crippen LogP contribution in [0.5, 0.6) is 0 Å². The second kappa shape index (κ2) is 10.6. The minimum absolute atomic E-state index is 0.243. The highest BCUT2D eigenvalue weighted by Gasteiger charge is 2.19. The van der Waals surface area contributed by atoms with E-state index in [2.05, 4.69) is 45.1 Å². The van der Waals surface area contributed by atoms with Crippen molar-refractivity contribution in [1.82, 2.24) is 9.88 Å². The number of piperazine rings is 1. The SMILES string of the molecule is C=C(C(N)=O)c1cc(N2CCN(C)CC2)ccc1Nc1cc(NC2CCCCC2)c(C#N)cn1. The molecule has 1 amide bonds. The van der Waals surface area contributed by atoms with Crippen molar-refractivity contribution < 1.29 is 4.79 Å². The lowest BCUT2D eigenvalue weighted by Gasteiger charge is -2.34. The topological polar surface area (TPSA) is 110 Å². The molecule has 0 atom stereocenters. The molecule has 0 spiro atoms. The van der Waals surface area contributed by atoms with Crippen molar-refractivity contribution in [1.29, 1.82) is 5.26 Å². The normalized spacial score (nSPS) is 17.1. The molecule has 1 saturated carbocycles. The number of aromatic nitrogens is 1. The molecular weight excluding hydrogens is 426 g/mol. The number of carbonyl (C=O) groups is 1. The Kier molecular flexibility index (Phi) is 7.33. The summed E-state index contributed by atoms with van der Waals surface area (Å²) in [4.78, 5) is 21.0. The van der Waals surface area contributed by atoms with Crippen molar-refractivity contribution in [3.8, 4) is 6.07 Å². The number of rotatable bonds is 7. The Hall–Kier alpha value is -3.57. The first-order chi connectivity index (χ1) is 16.4. The molecule has 2 aliphatic rings. The van der Waals surface area contributed by atoms with Gasteiger partial charge in [-0.1, -0.05) is 25.8 Å². The van der Waals surface area contributed by atoms with Gasteiger partial charge in [0.05, 0.1) is 11.3 Å². The van der Waals surface area contributed by atoms with Crippen LogP contribution in [0, 0.1) is 11.3 Å². The summed E-state index contributed by atoms with van der Waals surface area (Å²) in [6, 6.07) is 10.4. The lowest BCUT2D eigenvalue weighted by molar-refractivity contribution is -0.112. The zero-order valence-corrected chi connectivity index (χ0v) is 19.8. The van der Waals surface area contributed by atoms with E-state index in [1.807, 2.05) is 24.3 Å². The molecular formula is C26H33N7O. The fraction of sp³-hybridized carbons (Fsp3) is 0.423. The van der Waals surface area contributed by atoms with Crippen LogP contribution in [0.25, 0.3) is 5.57 Å². The van der Waals surface area contributed by atoms with Crippen molar-refractivity contribution in [3.05, 3.63) is 48.2 Å². The molecule has 1 aromatic heterocycles. The minimum Gasteiger partial charge on any atom is -0.381 e. The van der Waals surface area contributed by atoms with Crippen LogP contribution in [0.2, 0.25) is 0 Å². The minimum atomic E-state index is -0.564. The molecule has 1 aromatic carbocycles. The van der Waals surface area contributed by atoms with Crippen molar-refractivity contribution in [2.24, 2.45) is 5.73 Å². The van der Waals surface area contributed by atoms with E-state index in [0.29, 0.717) is 28.7 Å². The Morgan fingerprint density at radius 3 is 2.56 bits per heavy atom. The molecule has 4 N–H and O–H groups in total. The van der Waals surface area contributed by atoms with Crippen LogP contribution in [0.15, 0.2) is 37.0 Å². The van der Waals surface area contributed by atoms with E-state index in [0.717, 1.165) is 50.4 Å². The van der Waals surface area contributed by atoms with Crippen molar-refractivity contribution >= 4 is 34.4 Å². The number of hydrogen-bond acceptors (Lipinski definition) is 7. The van der Waals surface area contributed by atoms with E-state index in [1.54, 1.807) is 6.20 Å². The van der Waals surface area contributed by atoms with E-state index in [1.165, 1.54) is 19.3 Å². The van der Waals surface area contributed by atoms with Crippen molar-refractivity contribution in [2.75, 3.05) is 48.8 Å². The monoisotopic (exact) mass is 459 g/mol. The number of nitriles is 1. The number of nitrogens with two attached hydrogens (primary N) is 1. The zero-order valence-electron chi connectivity index (χ0n) is 19.8. The van der Waals surface area contributed by atoms with E-state index in [4.69, 9.17) is 5.73 Å². The maximum absolute atomic E-state index is 12.0. The van der Waals surface area contributed by atoms with Gasteiger partial charge >= 0.3 is 0 Å². The first kappa shape index (κ1) is 23.6. The quantitative estimate of drug-likeness (QED) is 0.542. The molecule has 4 rings (SSSR count). The summed E-state index contributed by atoms with van der Waals surface area (Å²) in [5.41, 5.74) is 9.51. The van der Waals surface area contributed by atoms with Crippen LogP contribution < -0.4 is 21.3 Å². The number of nitrogens with zero attached hydrogens (tertiary/aromatic N) is 4. The number of likely N-dealkylation sites (N-methyl/N-ethyl adjacent to an activating group) is 1. The number of anilines is 4. The summed E-state index contributed by atoms with van der Waals surface area (Å²) >= 11 is 0. The second-order valence-corrected chi connectivity index (χ2v) is 9.19. The molecule has 0 radical (unpaired) electrons. The molecule has 1 aliphatic carbocycles. The molecule has 8 heteroatoms. The van der Waals surface area contributed by atoms with Crippen molar-refractivity contribution in [2.45, 2.75) is 38.1 Å². The first-order valence-electron chi connectivity index (χ1n) is 11.9. The van der Waals surface area contributed by atoms with Crippen LogP contribution >= 0.6 is 0 Å². The van der Waals surface area contributed by atoms with Gasteiger partial charge in [-0.3, -0.25) is 4.79 Å². The fourth-order valence-electron chi connectivity index (χ4n) is 4.62. The third kappa shape index (κ3) is 5.49. The van der Waals surface area contributed by atoms with E-state index >= 15 is 0 Å². The third-order valence-corrected chi connectivity index (χ3v) is 6.75. The van der Waals surface area contributed by atoms with Gasteiger partial charge in [0.25, 0.3) is 0 Å². The molecule has 0 bridgehead atoms. The maximum atomic E-state index is 12.0. The van der Waals surface area contributed by atoms with Crippen LogP contribution in [-0.2, 0) is 4.79 Å². The zero-order chi connectivity index (χ0) is 24.1. The molecule has 8 nitrogen and oxygen atoms in total. The van der Waals surface area contributed by atoms with Crippen molar-refractivity contribution in [3.63, 3.8) is 0 Å². The van der Waals surface area contributed by atoms with Gasteiger partial charge < -0.3 is 26.2 Å². The fourth-order valence-corrected chi connectivity index (χ4v) is 4.62. The molecule has 1 aliphatic heterocycles. The number of hydrogen-bond donors (Lipinski definition) is 3. The third-order valence-electron chi connectivity index (χ3n) is 6.75. The Labute approximate surface area is 201 Å². The largest absolute Gasteiger partial charge is 0.381 e. The van der Waals surface area contributed by atoms with Gasteiger partial charge in [0.1, 0.15) is 11.9 Å². The predicted octanol–water partition coefficient (Wildman–Crippen LogP) is 3.69. The average molecular weight is 460 g/mol. The number of amides is 1. The molecule has 2 aromatic rings. The lowest BCUT2D eigenvalue weighted by Crippen LogP contribution is -2.44. The van der Waals surface area contributed by atoms with Crippen LogP contribution in [0.1, 0.15) is 43.2 Å². The number of carbonyl (C=O) groups excluding carboxylic acids is 1. The van der Waals surface area contributed by atoms with Gasteiger partial charge in [-0.15, -0.1) is 0 Å². The van der Waals surface area contributed by atoms with Crippen LogP contribution in [-0.4, -0.2) is 55.1 Å². The smallest absolute Gasteiger partial charge is 0.248 e. The summed E-state index contributed by atoms with van der Waals surface area (Å²) in [5, 5.41) is 16.4. The summed E-state index contributed by atoms with van der Waals surface area (Å²) < 4.78 is 0. The maximum Gasteiger partial charge on any atom is 0.248 e. The Morgan fingerprint density at radius 1 is 1.15 bits per heavy atom. The summed E-state index contributed by atoms with van der Waals surface area (Å²) in [5.74, 6) is 0.0224. The van der Waals surface area contributed by atoms with Gasteiger partial charge in [-0.2, -0.15) is 5.26 Å². The highest BCUT2D eigenvalue weighted by molar-refractivity contribution is 6.19. The molecule has 34 heavy (non-hydrogen) atoms. The number of benzene rings is 1. The molecule has 0 unspecified atom stereocenters. The predicted molar refractivity (Wildman–Crippen MR) is 137 cm³/mol. The number of nitrogens with one attached hydrogen (secondary N) is 2. The average Bonchev–Trinajstić information content (AvgIpc) is 2.85. The Balaban J connectivity index is 1.60. The Bertz CT molecular complexity index is 1090. The van der Waals surface area contributed by atoms with Gasteiger partial charge in [0, 0.05) is 67.0 Å². The molecule has 178 valence electrons. The molecule has 1 saturated heterocycles. The standard InChI is InChI=1S/C26H33N7O/c1-18(26(28)34)22-14-21(33-12-10-32(2)11-13-33)8-9-23(22)31-25-15-24(19(16-27)17-29-25)30-20-6-4-3-5-7-20/h8-9,14-15,17,20H,1,3-7,10-13H2,2H3,(H2,28,34)(H2,29,30,31). The first-order valence-corrected chi connectivity index (χ1v) is 11.9. The second-order valence-electron chi connectivity index (χ2n) is 9.19. The van der Waals surface area contributed by atoms with Crippen LogP contribution in [0.3, 0.4) is 0 Å². The number of primary amides is 1. The van der Waals surface area contributed by atoms with E-state index < -0.39 is 5.91 Å². The lowest BCUT2D eigenvalue weighted by atomic mass is 9.95. The van der Waals surface area contributed by atoms with Gasteiger partial charge in [-0.05, 0) is 38.1 Å². The molecule has 2 heterocycles. The molecule has 2 fully saturated rings. The van der Waals surface area contributed by atoms with E-state index in [-0.39, 0.29) is 5.57 Å². The van der Waals surface area contributed by atoms with E-state index in [9.17, 15) is 10.1 Å². The highest BCUT2D eigenvalue weighted by Crippen LogP contribution is 2.32. The summed E-state index contributed by atoms with van der Waals surface area (Å²) in [6.07, 6.45) is 7.46.